The van der Waals surface area contributed by atoms with Gasteiger partial charge in [0.25, 0.3) is 5.91 Å². The van der Waals surface area contributed by atoms with Crippen molar-refractivity contribution in [2.24, 2.45) is 0 Å². The van der Waals surface area contributed by atoms with Gasteiger partial charge >= 0.3 is 12.1 Å². The minimum Gasteiger partial charge on any atom is -0.472 e. The molecule has 0 bridgehead atoms. The second-order valence-electron chi connectivity index (χ2n) is 7.43. The van der Waals surface area contributed by atoms with Crippen LogP contribution in [0.15, 0.2) is 66.7 Å². The molecule has 4 rings (SSSR count). The zero-order chi connectivity index (χ0) is 24.1. The highest BCUT2D eigenvalue weighted by atomic mass is 35.5. The van der Waals surface area contributed by atoms with Crippen LogP contribution in [0.25, 0.3) is 11.1 Å². The van der Waals surface area contributed by atoms with Gasteiger partial charge in [-0.25, -0.2) is 9.59 Å². The van der Waals surface area contributed by atoms with Gasteiger partial charge in [0.15, 0.2) is 0 Å². The summed E-state index contributed by atoms with van der Waals surface area (Å²) in [6, 6.07) is 20.4. The quantitative estimate of drug-likeness (QED) is 0.472. The third-order valence-corrected chi connectivity index (χ3v) is 5.67. The van der Waals surface area contributed by atoms with E-state index in [1.807, 2.05) is 42.3 Å². The number of carbonyl (C=O) groups excluding carboxylic acids is 2. The fraction of sp³-hybridized carbons (Fsp3) is 0.115. The monoisotopic (exact) mass is 474 g/mol. The molecule has 170 valence electrons. The molecule has 0 aromatic heterocycles. The van der Waals surface area contributed by atoms with Gasteiger partial charge < -0.3 is 15.2 Å². The molecule has 0 aliphatic heterocycles. The van der Waals surface area contributed by atoms with E-state index in [1.165, 1.54) is 18.2 Å². The Hall–Kier alpha value is -4.28. The van der Waals surface area contributed by atoms with Crippen molar-refractivity contribution in [2.45, 2.75) is 5.92 Å². The number of benzene rings is 3. The van der Waals surface area contributed by atoms with Crippen molar-refractivity contribution in [1.82, 2.24) is 5.32 Å². The molecule has 0 radical (unpaired) electrons. The van der Waals surface area contributed by atoms with Crippen LogP contribution in [0, 0.1) is 11.8 Å². The van der Waals surface area contributed by atoms with Crippen molar-refractivity contribution < 1.29 is 24.2 Å². The van der Waals surface area contributed by atoms with Crippen molar-refractivity contribution >= 4 is 35.3 Å². The molecule has 3 aromatic rings. The largest absolute Gasteiger partial charge is 0.472 e. The summed E-state index contributed by atoms with van der Waals surface area (Å²) in [5.41, 5.74) is 4.88. The van der Waals surface area contributed by atoms with Crippen LogP contribution < -0.4 is 10.6 Å². The van der Waals surface area contributed by atoms with Crippen LogP contribution in [0.3, 0.4) is 0 Å². The lowest BCUT2D eigenvalue weighted by molar-refractivity contribution is -0.130. The first-order valence-electron chi connectivity index (χ1n) is 10.4. The average Bonchev–Trinajstić information content (AvgIpc) is 3.15. The van der Waals surface area contributed by atoms with Crippen molar-refractivity contribution in [3.05, 3.63) is 88.4 Å². The summed E-state index contributed by atoms with van der Waals surface area (Å²) in [7, 11) is 0. The van der Waals surface area contributed by atoms with Crippen LogP contribution in [0.2, 0.25) is 5.02 Å². The van der Waals surface area contributed by atoms with E-state index in [-0.39, 0.29) is 35.3 Å². The minimum absolute atomic E-state index is 0.0855. The molecule has 34 heavy (non-hydrogen) atoms. The number of nitrogens with one attached hydrogen (secondary N) is 2. The molecule has 1 aliphatic carbocycles. The van der Waals surface area contributed by atoms with Crippen LogP contribution in [0.1, 0.15) is 27.4 Å². The lowest BCUT2D eigenvalue weighted by Crippen LogP contribution is -2.24. The number of amides is 2. The number of rotatable bonds is 5. The Morgan fingerprint density at radius 1 is 0.971 bits per heavy atom. The molecule has 3 N–H and O–H groups in total. The number of carboxylic acids is 1. The smallest absolute Gasteiger partial charge is 0.411 e. The number of carboxylic acid groups (broad SMARTS) is 1. The lowest BCUT2D eigenvalue weighted by Gasteiger charge is -2.15. The van der Waals surface area contributed by atoms with Crippen LogP contribution in [0.5, 0.6) is 0 Å². The number of ether oxygens (including phenoxy) is 1. The van der Waals surface area contributed by atoms with Crippen LogP contribution >= 0.6 is 11.6 Å². The van der Waals surface area contributed by atoms with E-state index in [0.717, 1.165) is 22.3 Å². The molecule has 0 unspecified atom stereocenters. The average molecular weight is 475 g/mol. The zero-order valence-electron chi connectivity index (χ0n) is 17.8. The van der Waals surface area contributed by atoms with E-state index in [2.05, 4.69) is 28.7 Å². The van der Waals surface area contributed by atoms with E-state index in [9.17, 15) is 14.4 Å². The number of fused-ring (bicyclic) bond motifs is 3. The molecule has 0 heterocycles. The number of hydrogen-bond acceptors (Lipinski definition) is 4. The molecule has 2 amide bonds. The number of hydrogen-bond donors (Lipinski definition) is 3. The Kier molecular flexibility index (Phi) is 6.81. The fourth-order valence-electron chi connectivity index (χ4n) is 3.85. The maximum Gasteiger partial charge on any atom is 0.411 e. The normalized spacial score (nSPS) is 11.4. The Morgan fingerprint density at radius 3 is 2.26 bits per heavy atom. The molecule has 0 fully saturated rings. The second kappa shape index (κ2) is 10.1. The maximum absolute atomic E-state index is 12.5. The van der Waals surface area contributed by atoms with Gasteiger partial charge in [0.05, 0.1) is 17.3 Å². The molecular formula is C26H19ClN2O5. The number of carbonyl (C=O) groups is 3. The first-order valence-corrected chi connectivity index (χ1v) is 10.7. The van der Waals surface area contributed by atoms with E-state index >= 15 is 0 Å². The highest BCUT2D eigenvalue weighted by Crippen LogP contribution is 2.44. The van der Waals surface area contributed by atoms with E-state index in [1.54, 1.807) is 0 Å². The number of halogens is 1. The highest BCUT2D eigenvalue weighted by molar-refractivity contribution is 6.33. The maximum atomic E-state index is 12.5. The molecule has 0 spiro atoms. The number of anilines is 1. The highest BCUT2D eigenvalue weighted by Gasteiger charge is 2.29. The summed E-state index contributed by atoms with van der Waals surface area (Å²) in [4.78, 5) is 35.2. The summed E-state index contributed by atoms with van der Waals surface area (Å²) in [6.07, 6.45) is -0.700. The Bertz CT molecular complexity index is 1300. The Morgan fingerprint density at radius 2 is 1.62 bits per heavy atom. The summed E-state index contributed by atoms with van der Waals surface area (Å²) in [6.45, 7) is 0.00278. The fourth-order valence-corrected chi connectivity index (χ4v) is 4.02. The van der Waals surface area contributed by atoms with Gasteiger partial charge in [-0.1, -0.05) is 66.1 Å². The van der Waals surface area contributed by atoms with E-state index < -0.39 is 18.0 Å². The Balaban J connectivity index is 1.41. The van der Waals surface area contributed by atoms with Gasteiger partial charge in [0.2, 0.25) is 0 Å². The van der Waals surface area contributed by atoms with E-state index in [4.69, 9.17) is 21.4 Å². The summed E-state index contributed by atoms with van der Waals surface area (Å²) >= 11 is 6.18. The number of aliphatic carboxylic acids is 1. The van der Waals surface area contributed by atoms with Gasteiger partial charge in [-0.2, -0.15) is 0 Å². The third-order valence-electron chi connectivity index (χ3n) is 5.34. The Labute approximate surface area is 200 Å². The molecule has 0 atom stereocenters. The first kappa shape index (κ1) is 22.9. The van der Waals surface area contributed by atoms with Crippen molar-refractivity contribution in [1.29, 1.82) is 0 Å². The molecule has 0 saturated heterocycles. The summed E-state index contributed by atoms with van der Waals surface area (Å²) < 4.78 is 5.52. The van der Waals surface area contributed by atoms with Crippen molar-refractivity contribution in [2.75, 3.05) is 18.5 Å². The summed E-state index contributed by atoms with van der Waals surface area (Å²) in [5, 5.41) is 13.8. The SMILES string of the molecule is O=C(O)C#CCNC(=O)c1ccc(Cl)c(NC(=O)OCC2c3ccccc3-c3ccccc32)c1. The first-order chi connectivity index (χ1) is 16.4. The van der Waals surface area contributed by atoms with Crippen molar-refractivity contribution in [3.8, 4) is 23.0 Å². The van der Waals surface area contributed by atoms with Gasteiger partial charge in [0, 0.05) is 17.4 Å². The second-order valence-corrected chi connectivity index (χ2v) is 7.84. The van der Waals surface area contributed by atoms with Crippen LogP contribution in [-0.4, -0.2) is 36.2 Å². The molecule has 1 aliphatic rings. The molecule has 8 heteroatoms. The van der Waals surface area contributed by atoms with Gasteiger partial charge in [-0.3, -0.25) is 10.1 Å². The predicted molar refractivity (Wildman–Crippen MR) is 128 cm³/mol. The van der Waals surface area contributed by atoms with E-state index in [0.29, 0.717) is 0 Å². The molecular weight excluding hydrogens is 456 g/mol. The lowest BCUT2D eigenvalue weighted by atomic mass is 9.98. The van der Waals surface area contributed by atoms with Gasteiger partial charge in [-0.15, -0.1) is 0 Å². The molecule has 0 saturated carbocycles. The topological polar surface area (TPSA) is 105 Å². The van der Waals surface area contributed by atoms with Crippen LogP contribution in [0.4, 0.5) is 10.5 Å². The van der Waals surface area contributed by atoms with Gasteiger partial charge in [-0.05, 0) is 40.5 Å². The molecule has 7 nitrogen and oxygen atoms in total. The van der Waals surface area contributed by atoms with Crippen LogP contribution in [-0.2, 0) is 9.53 Å². The van der Waals surface area contributed by atoms with Crippen molar-refractivity contribution in [3.63, 3.8) is 0 Å². The van der Waals surface area contributed by atoms with Gasteiger partial charge in [0.1, 0.15) is 6.61 Å². The third kappa shape index (κ3) is 5.03. The minimum atomic E-state index is -1.28. The summed E-state index contributed by atoms with van der Waals surface area (Å²) in [5.74, 6) is 2.35. The molecule has 3 aromatic carbocycles. The predicted octanol–water partition coefficient (Wildman–Crippen LogP) is 4.52. The standard InChI is InChI=1S/C26H19ClN2O5/c27-22-12-11-16(25(32)28-13-5-10-24(30)31)14-23(22)29-26(33)34-15-21-19-8-3-1-6-17(19)18-7-2-4-9-20(18)21/h1-4,6-9,11-12,14,21H,13,15H2,(H,28,32)(H,29,33)(H,30,31). The zero-order valence-corrected chi connectivity index (χ0v) is 18.6.